The van der Waals surface area contributed by atoms with Crippen LogP contribution in [-0.4, -0.2) is 32.9 Å². The average molecular weight is 422 g/mol. The third kappa shape index (κ3) is 4.30. The number of aromatic nitrogens is 2. The third-order valence-corrected chi connectivity index (χ3v) is 5.06. The van der Waals surface area contributed by atoms with E-state index in [0.717, 1.165) is 42.1 Å². The molecule has 6 heteroatoms. The standard InChI is InChI=1S/C20H22BrF2N3/c1-14-9-19-20(10-15(14)2)26(13-24-19)8-7-25(6-5-21)12-16-3-4-17(22)11-18(16)23/h3-4,9-11,13H,5-8,12H2,1-2H3. The number of fused-ring (bicyclic) bond motifs is 1. The molecule has 0 saturated heterocycles. The van der Waals surface area contributed by atoms with Crippen molar-refractivity contribution in [1.29, 1.82) is 0 Å². The van der Waals surface area contributed by atoms with Crippen LogP contribution in [0.15, 0.2) is 36.7 Å². The Hall–Kier alpha value is -1.79. The number of nitrogens with zero attached hydrogens (tertiary/aromatic N) is 3. The van der Waals surface area contributed by atoms with Crippen molar-refractivity contribution in [3.8, 4) is 0 Å². The molecule has 3 nitrogen and oxygen atoms in total. The van der Waals surface area contributed by atoms with E-state index in [2.05, 4.69) is 56.4 Å². The highest BCUT2D eigenvalue weighted by Gasteiger charge is 2.11. The van der Waals surface area contributed by atoms with Gasteiger partial charge in [0.2, 0.25) is 0 Å². The number of rotatable bonds is 7. The summed E-state index contributed by atoms with van der Waals surface area (Å²) in [6, 6.07) is 8.03. The minimum absolute atomic E-state index is 0.447. The lowest BCUT2D eigenvalue weighted by Gasteiger charge is -2.22. The fourth-order valence-corrected chi connectivity index (χ4v) is 3.52. The minimum Gasteiger partial charge on any atom is -0.329 e. The predicted octanol–water partition coefficient (Wildman–Crippen LogP) is 4.83. The van der Waals surface area contributed by atoms with Gasteiger partial charge in [-0.15, -0.1) is 0 Å². The zero-order valence-electron chi connectivity index (χ0n) is 15.0. The molecule has 0 radical (unpaired) electrons. The van der Waals surface area contributed by atoms with E-state index in [9.17, 15) is 8.78 Å². The number of halogens is 3. The lowest BCUT2D eigenvalue weighted by atomic mass is 10.1. The lowest BCUT2D eigenvalue weighted by molar-refractivity contribution is 0.268. The first-order valence-corrected chi connectivity index (χ1v) is 9.74. The van der Waals surface area contributed by atoms with Gasteiger partial charge in [-0.05, 0) is 43.2 Å². The molecule has 0 aliphatic heterocycles. The molecule has 0 bridgehead atoms. The molecule has 0 fully saturated rings. The van der Waals surface area contributed by atoms with Crippen LogP contribution in [0.3, 0.4) is 0 Å². The molecule has 0 spiro atoms. The Bertz CT molecular complexity index is 907. The van der Waals surface area contributed by atoms with Crippen LogP contribution in [0.1, 0.15) is 16.7 Å². The van der Waals surface area contributed by atoms with Crippen molar-refractivity contribution in [2.45, 2.75) is 26.9 Å². The maximum atomic E-state index is 14.0. The summed E-state index contributed by atoms with van der Waals surface area (Å²) in [4.78, 5) is 6.64. The summed E-state index contributed by atoms with van der Waals surface area (Å²) in [6.07, 6.45) is 1.86. The molecule has 0 N–H and O–H groups in total. The molecule has 3 rings (SSSR count). The van der Waals surface area contributed by atoms with Crippen molar-refractivity contribution in [2.24, 2.45) is 0 Å². The van der Waals surface area contributed by atoms with E-state index in [-0.39, 0.29) is 0 Å². The van der Waals surface area contributed by atoms with Crippen LogP contribution >= 0.6 is 15.9 Å². The number of benzene rings is 2. The predicted molar refractivity (Wildman–Crippen MR) is 105 cm³/mol. The van der Waals surface area contributed by atoms with Crippen LogP contribution in [-0.2, 0) is 13.1 Å². The van der Waals surface area contributed by atoms with Crippen LogP contribution in [0, 0.1) is 25.5 Å². The molecule has 1 heterocycles. The molecule has 0 unspecified atom stereocenters. The van der Waals surface area contributed by atoms with E-state index in [1.807, 2.05) is 6.33 Å². The quantitative estimate of drug-likeness (QED) is 0.509. The second kappa shape index (κ2) is 8.27. The Morgan fingerprint density at radius 1 is 1.08 bits per heavy atom. The summed E-state index contributed by atoms with van der Waals surface area (Å²) < 4.78 is 29.2. The van der Waals surface area contributed by atoms with Crippen molar-refractivity contribution in [3.05, 3.63) is 65.0 Å². The molecule has 0 aliphatic rings. The van der Waals surface area contributed by atoms with Gasteiger partial charge in [0.15, 0.2) is 0 Å². The Balaban J connectivity index is 1.73. The molecular weight excluding hydrogens is 400 g/mol. The number of hydrogen-bond donors (Lipinski definition) is 0. The van der Waals surface area contributed by atoms with E-state index in [1.54, 1.807) is 0 Å². The number of aryl methyl sites for hydroxylation is 2. The Morgan fingerprint density at radius 2 is 1.85 bits per heavy atom. The second-order valence-corrected chi connectivity index (χ2v) is 7.36. The first-order valence-electron chi connectivity index (χ1n) is 8.62. The van der Waals surface area contributed by atoms with Gasteiger partial charge in [0.05, 0.1) is 17.4 Å². The van der Waals surface area contributed by atoms with Crippen LogP contribution in [0.25, 0.3) is 11.0 Å². The van der Waals surface area contributed by atoms with Crippen molar-refractivity contribution < 1.29 is 8.78 Å². The van der Waals surface area contributed by atoms with Gasteiger partial charge < -0.3 is 4.57 Å². The molecule has 2 aromatic carbocycles. The molecular formula is C20H22BrF2N3. The maximum Gasteiger partial charge on any atom is 0.130 e. The highest BCUT2D eigenvalue weighted by Crippen LogP contribution is 2.19. The molecule has 138 valence electrons. The zero-order chi connectivity index (χ0) is 18.7. The van der Waals surface area contributed by atoms with Crippen molar-refractivity contribution in [1.82, 2.24) is 14.5 Å². The number of hydrogen-bond acceptors (Lipinski definition) is 2. The molecule has 0 saturated carbocycles. The molecule has 3 aromatic rings. The van der Waals surface area contributed by atoms with E-state index in [0.29, 0.717) is 12.1 Å². The van der Waals surface area contributed by atoms with Gasteiger partial charge in [0.25, 0.3) is 0 Å². The van der Waals surface area contributed by atoms with Gasteiger partial charge in [0.1, 0.15) is 11.6 Å². The second-order valence-electron chi connectivity index (χ2n) is 6.56. The summed E-state index contributed by atoms with van der Waals surface area (Å²) in [7, 11) is 0. The van der Waals surface area contributed by atoms with Gasteiger partial charge >= 0.3 is 0 Å². The molecule has 0 atom stereocenters. The average Bonchev–Trinajstić information content (AvgIpc) is 2.97. The first-order chi connectivity index (χ1) is 12.5. The topological polar surface area (TPSA) is 21.1 Å². The van der Waals surface area contributed by atoms with E-state index in [4.69, 9.17) is 0 Å². The zero-order valence-corrected chi connectivity index (χ0v) is 16.6. The van der Waals surface area contributed by atoms with Gasteiger partial charge in [-0.25, -0.2) is 13.8 Å². The summed E-state index contributed by atoms with van der Waals surface area (Å²) in [5, 5.41) is 0.790. The van der Waals surface area contributed by atoms with E-state index in [1.165, 1.54) is 23.3 Å². The largest absolute Gasteiger partial charge is 0.329 e. The van der Waals surface area contributed by atoms with E-state index >= 15 is 0 Å². The lowest BCUT2D eigenvalue weighted by Crippen LogP contribution is -2.29. The third-order valence-electron chi connectivity index (χ3n) is 4.70. The first kappa shape index (κ1) is 19.0. The molecule has 0 amide bonds. The van der Waals surface area contributed by atoms with Crippen molar-refractivity contribution in [2.75, 3.05) is 18.4 Å². The van der Waals surface area contributed by atoms with Crippen LogP contribution in [0.4, 0.5) is 8.78 Å². The van der Waals surface area contributed by atoms with Crippen molar-refractivity contribution >= 4 is 27.0 Å². The highest BCUT2D eigenvalue weighted by atomic mass is 79.9. The summed E-state index contributed by atoms with van der Waals surface area (Å²) in [5.41, 5.74) is 5.08. The summed E-state index contributed by atoms with van der Waals surface area (Å²) in [6.45, 7) is 6.92. The van der Waals surface area contributed by atoms with Gasteiger partial charge in [-0.3, -0.25) is 4.90 Å². The van der Waals surface area contributed by atoms with Crippen LogP contribution < -0.4 is 0 Å². The van der Waals surface area contributed by atoms with Crippen LogP contribution in [0.2, 0.25) is 0 Å². The Labute approximate surface area is 160 Å². The smallest absolute Gasteiger partial charge is 0.130 e. The highest BCUT2D eigenvalue weighted by molar-refractivity contribution is 9.09. The van der Waals surface area contributed by atoms with Crippen molar-refractivity contribution in [3.63, 3.8) is 0 Å². The van der Waals surface area contributed by atoms with E-state index < -0.39 is 11.6 Å². The monoisotopic (exact) mass is 421 g/mol. The van der Waals surface area contributed by atoms with Crippen LogP contribution in [0.5, 0.6) is 0 Å². The van der Waals surface area contributed by atoms with Gasteiger partial charge in [-0.1, -0.05) is 22.0 Å². The maximum absolute atomic E-state index is 14.0. The number of alkyl halides is 1. The summed E-state index contributed by atoms with van der Waals surface area (Å²) in [5.74, 6) is -1.04. The Morgan fingerprint density at radius 3 is 2.58 bits per heavy atom. The fourth-order valence-electron chi connectivity index (χ4n) is 3.02. The number of imidazole rings is 1. The summed E-state index contributed by atoms with van der Waals surface area (Å²) >= 11 is 3.45. The van der Waals surface area contributed by atoms with Gasteiger partial charge in [-0.2, -0.15) is 0 Å². The molecule has 0 aliphatic carbocycles. The minimum atomic E-state index is -0.547. The SMILES string of the molecule is Cc1cc2ncn(CCN(CCBr)Cc3ccc(F)cc3F)c2cc1C. The Kier molecular flexibility index (Phi) is 6.04. The molecule has 26 heavy (non-hydrogen) atoms. The normalized spacial score (nSPS) is 11.6. The van der Waals surface area contributed by atoms with Gasteiger partial charge in [0, 0.05) is 43.1 Å². The fraction of sp³-hybridized carbons (Fsp3) is 0.350. The molecule has 1 aromatic heterocycles.